The minimum Gasteiger partial charge on any atom is -0.340 e. The van der Waals surface area contributed by atoms with Gasteiger partial charge < -0.3 is 22.0 Å². The first-order valence-corrected chi connectivity index (χ1v) is 40.8. The molecule has 0 atom stereocenters. The third-order valence-electron chi connectivity index (χ3n) is 23.8. The summed E-state index contributed by atoms with van der Waals surface area (Å²) in [4.78, 5) is 22.7. The molecule has 0 spiro atoms. The minimum absolute atomic E-state index is 0. The summed E-state index contributed by atoms with van der Waals surface area (Å²) >= 11 is 0. The summed E-state index contributed by atoms with van der Waals surface area (Å²) in [6.45, 7) is 19.8. The number of nitrogens with zero attached hydrogens (tertiary/aromatic N) is 10. The van der Waals surface area contributed by atoms with E-state index in [1.807, 2.05) is 92.0 Å². The number of aryl methyl sites for hydroxylation is 6. The third kappa shape index (κ3) is 16.3. The number of imidazole rings is 5. The molecule has 0 amide bonds. The fourth-order valence-corrected chi connectivity index (χ4v) is 18.3. The predicted molar refractivity (Wildman–Crippen MR) is 483 cm³/mol. The van der Waals surface area contributed by atoms with Gasteiger partial charge in [0.15, 0.2) is 0 Å². The van der Waals surface area contributed by atoms with Crippen LogP contribution in [0.3, 0.4) is 0 Å². The quantitative estimate of drug-likeness (QED) is 0.122. The molecule has 0 saturated heterocycles. The zero-order valence-electron chi connectivity index (χ0n) is 68.9. The molecule has 0 unspecified atom stereocenters. The van der Waals surface area contributed by atoms with E-state index in [-0.39, 0.29) is 106 Å². The van der Waals surface area contributed by atoms with Crippen LogP contribution in [0.1, 0.15) is 123 Å². The standard InChI is InChI=1S/C26H23N2.C23H17N2.C21H19N2.C19H17N2.C17H13N2.5Ir/c1-17-15-22(18-9-11-19(12-10-18)26(2,3)4)24-23(16-17)20-7-5-6-8-21(20)25-27-13-14-28(24)25;1-15-6-5-7-16(2)22(15)17-10-11-21-20(14-17)18-8-3-4-9-19(18)23-24-12-13-25(21)23;1-2-6-15(7-3-1)16-10-11-20-19(14-16)17-8-4-5-9-18(17)21-22-12-13-23(20)21;1-2-3-6-14-9-10-18-17(13-14)15-7-4-5-8-16(15)19-20-11-12-21(18)19;1-11-9-12(2)16-15(10-11)13-5-3-4-6-14(13)17-18-7-8-19(16)17;;;;;/h5-7,9-16H,1-4H3;3-8,10-14H,1-2H3;4-5,8,10-15H,1-3,6-7H2;4-5,7,9-13H,2-3,6H2,1H3;3-5,7-10H,1-2H3;;;;;/q5*-1;;;;;. The molecule has 1 saturated carbocycles. The van der Waals surface area contributed by atoms with Crippen LogP contribution >= 0.6 is 0 Å². The van der Waals surface area contributed by atoms with Crippen molar-refractivity contribution < 1.29 is 101 Å². The van der Waals surface area contributed by atoms with Crippen LogP contribution in [0.2, 0.25) is 0 Å². The molecule has 5 radical (unpaired) electrons. The van der Waals surface area contributed by atoms with Gasteiger partial charge in [0.05, 0.1) is 28.2 Å². The monoisotopic (exact) mass is 2470 g/mol. The molecular weight excluding hydrogens is 2370 g/mol. The van der Waals surface area contributed by atoms with Gasteiger partial charge in [0.1, 0.15) is 0 Å². The van der Waals surface area contributed by atoms with Crippen LogP contribution in [-0.4, -0.2) is 46.9 Å². The van der Waals surface area contributed by atoms with Gasteiger partial charge in [-0.25, -0.2) is 0 Å². The van der Waals surface area contributed by atoms with Crippen LogP contribution in [0.5, 0.6) is 0 Å². The summed E-state index contributed by atoms with van der Waals surface area (Å²) in [5.41, 5.74) is 26.9. The Labute approximate surface area is 773 Å². The number of benzene rings is 12. The Balaban J connectivity index is 0.000000123. The van der Waals surface area contributed by atoms with Gasteiger partial charge in [0, 0.05) is 196 Å². The Morgan fingerprint density at radius 3 is 1.22 bits per heavy atom. The van der Waals surface area contributed by atoms with Crippen molar-refractivity contribution in [1.29, 1.82) is 0 Å². The maximum absolute atomic E-state index is 4.63. The average molecular weight is 2460 g/mol. The van der Waals surface area contributed by atoms with Gasteiger partial charge in [-0.3, -0.25) is 24.9 Å². The van der Waals surface area contributed by atoms with E-state index in [1.165, 1.54) is 193 Å². The maximum Gasteiger partial charge on any atom is 0.0608 e. The number of fused-ring (bicyclic) bond motifs is 30. The zero-order chi connectivity index (χ0) is 78.9. The first kappa shape index (κ1) is 87.3. The van der Waals surface area contributed by atoms with E-state index in [4.69, 9.17) is 0 Å². The van der Waals surface area contributed by atoms with E-state index < -0.39 is 0 Å². The fourth-order valence-electron chi connectivity index (χ4n) is 18.3. The largest absolute Gasteiger partial charge is 0.340 e. The molecule has 23 rings (SSSR count). The maximum atomic E-state index is 4.63. The molecule has 10 nitrogen and oxygen atoms in total. The average Bonchev–Trinajstić information content (AvgIpc) is 1.72. The summed E-state index contributed by atoms with van der Waals surface area (Å²) in [7, 11) is 0. The molecule has 0 N–H and O–H groups in total. The van der Waals surface area contributed by atoms with Gasteiger partial charge in [0.25, 0.3) is 0 Å². The van der Waals surface area contributed by atoms with Crippen molar-refractivity contribution in [3.63, 3.8) is 0 Å². The fraction of sp³-hybridized carbons (Fsp3) is 0.179. The molecule has 1 fully saturated rings. The van der Waals surface area contributed by atoms with Crippen LogP contribution < -0.4 is 0 Å². The number of rotatable bonds is 6. The molecular formula is C106H89Ir5N10-5. The summed E-state index contributed by atoms with van der Waals surface area (Å²) in [6.07, 6.45) is 30.0. The summed E-state index contributed by atoms with van der Waals surface area (Å²) < 4.78 is 10.9. The molecule has 10 aromatic heterocycles. The molecule has 121 heavy (non-hydrogen) atoms. The third-order valence-corrected chi connectivity index (χ3v) is 23.8. The number of aromatic nitrogens is 10. The Morgan fingerprint density at radius 2 is 0.752 bits per heavy atom. The number of unbranched alkanes of at least 4 members (excludes halogenated alkanes) is 1. The van der Waals surface area contributed by atoms with Gasteiger partial charge in [0.2, 0.25) is 0 Å². The minimum atomic E-state index is 0. The van der Waals surface area contributed by atoms with Crippen molar-refractivity contribution in [2.24, 2.45) is 0 Å². The summed E-state index contributed by atoms with van der Waals surface area (Å²) in [6, 6.07) is 92.9. The summed E-state index contributed by atoms with van der Waals surface area (Å²) in [5.74, 6) is 0.731. The first-order valence-electron chi connectivity index (χ1n) is 40.8. The van der Waals surface area contributed by atoms with Crippen molar-refractivity contribution >= 4 is 137 Å². The van der Waals surface area contributed by atoms with Crippen LogP contribution in [0.25, 0.3) is 159 Å². The molecule has 1 aliphatic carbocycles. The van der Waals surface area contributed by atoms with Crippen LogP contribution in [-0.2, 0) is 112 Å². The smallest absolute Gasteiger partial charge is 0.0608 e. The second kappa shape index (κ2) is 36.9. The number of pyridine rings is 5. The molecule has 613 valence electrons. The van der Waals surface area contributed by atoms with Crippen molar-refractivity contribution in [2.45, 2.75) is 125 Å². The zero-order valence-corrected chi connectivity index (χ0v) is 80.8. The predicted octanol–water partition coefficient (Wildman–Crippen LogP) is 26.8. The second-order valence-electron chi connectivity index (χ2n) is 32.5. The van der Waals surface area contributed by atoms with E-state index >= 15 is 0 Å². The molecule has 15 heteroatoms. The SMILES string of the molecule is CCCCc1ccc2c(c1)c1ccc[c-]c1c1nccn21.Cc1cc(-c2ccc(C(C)(C)C)cc2)c2c(c1)c1ccc[c-]c1c1nccn12.Cc1cc(C)c2c(c1)c1ccc[c-]c1c1nccn12.Cc1cccc(C)c1-c1ccc2c(c1)c1ccc[c-]c1c1nccn21.[Ir].[Ir].[Ir].[Ir].[Ir].[c-]1cccc2c1c1nccn1c1ccc(C3CCCCC3)cc21. The Bertz CT molecular complexity index is 7550. The molecule has 0 aliphatic heterocycles. The molecule has 0 bridgehead atoms. The molecule has 10 heterocycles. The van der Waals surface area contributed by atoms with E-state index in [9.17, 15) is 0 Å². The van der Waals surface area contributed by atoms with Crippen LogP contribution in [0.15, 0.2) is 274 Å². The Hall–Kier alpha value is -10.1. The van der Waals surface area contributed by atoms with E-state index in [0.29, 0.717) is 0 Å². The van der Waals surface area contributed by atoms with Gasteiger partial charge in [-0.15, -0.1) is 148 Å². The van der Waals surface area contributed by atoms with Crippen molar-refractivity contribution in [2.75, 3.05) is 0 Å². The first-order chi connectivity index (χ1) is 56.7. The van der Waals surface area contributed by atoms with Gasteiger partial charge in [-0.05, 0) is 173 Å². The summed E-state index contributed by atoms with van der Waals surface area (Å²) in [5, 5.41) is 17.9. The Kier molecular flexibility index (Phi) is 26.6. The molecule has 22 aromatic rings. The topological polar surface area (TPSA) is 86.5 Å². The van der Waals surface area contributed by atoms with E-state index in [0.717, 1.165) is 67.5 Å². The van der Waals surface area contributed by atoms with Gasteiger partial charge in [-0.1, -0.05) is 188 Å². The van der Waals surface area contributed by atoms with Crippen molar-refractivity contribution in [3.05, 3.63) is 349 Å². The number of hydrogen-bond acceptors (Lipinski definition) is 5. The molecule has 12 aromatic carbocycles. The Morgan fingerprint density at radius 1 is 0.355 bits per heavy atom. The van der Waals surface area contributed by atoms with E-state index in [2.05, 4.69) is 322 Å². The van der Waals surface area contributed by atoms with Gasteiger partial charge in [-0.2, -0.15) is 0 Å². The van der Waals surface area contributed by atoms with Gasteiger partial charge >= 0.3 is 0 Å². The van der Waals surface area contributed by atoms with Crippen LogP contribution in [0, 0.1) is 65.0 Å². The van der Waals surface area contributed by atoms with Crippen molar-refractivity contribution in [1.82, 2.24) is 46.9 Å². The second-order valence-corrected chi connectivity index (χ2v) is 32.5. The van der Waals surface area contributed by atoms with Crippen molar-refractivity contribution in [3.8, 4) is 22.3 Å². The van der Waals surface area contributed by atoms with E-state index in [1.54, 1.807) is 0 Å². The normalized spacial score (nSPS) is 12.2. The van der Waals surface area contributed by atoms with Crippen LogP contribution in [0.4, 0.5) is 0 Å². The number of hydrogen-bond donors (Lipinski definition) is 0. The molecule has 1 aliphatic rings.